The Morgan fingerprint density at radius 3 is 2.21 bits per heavy atom. The van der Waals surface area contributed by atoms with Crippen molar-refractivity contribution in [3.8, 4) is 11.5 Å². The van der Waals surface area contributed by atoms with E-state index < -0.39 is 27.4 Å². The van der Waals surface area contributed by atoms with E-state index in [0.717, 1.165) is 28.1 Å². The Morgan fingerprint density at radius 2 is 1.70 bits per heavy atom. The summed E-state index contributed by atoms with van der Waals surface area (Å²) in [6.07, 6.45) is 0.945. The molecule has 1 heterocycles. The van der Waals surface area contributed by atoms with E-state index in [0.29, 0.717) is 26.2 Å². The maximum atomic E-state index is 13.0. The molecule has 1 aliphatic rings. The molecule has 33 heavy (non-hydrogen) atoms. The molecule has 0 saturated carbocycles. The van der Waals surface area contributed by atoms with Gasteiger partial charge in [-0.2, -0.15) is 0 Å². The van der Waals surface area contributed by atoms with Gasteiger partial charge in [-0.15, -0.1) is 0 Å². The Kier molecular flexibility index (Phi) is 7.26. The number of ether oxygens (including phenoxy) is 2. The second kappa shape index (κ2) is 9.94. The molecule has 11 nitrogen and oxygen atoms in total. The Hall–Kier alpha value is -3.54. The number of hydrogen-bond donors (Lipinski definition) is 0. The molecule has 0 aromatic heterocycles. The molecule has 3 rings (SSSR count). The molecule has 0 aliphatic carbocycles. The minimum Gasteiger partial charge on any atom is -0.497 e. The minimum absolute atomic E-state index is 0.0561. The van der Waals surface area contributed by atoms with Crippen LogP contribution in [0.25, 0.3) is 0 Å². The zero-order chi connectivity index (χ0) is 24.2. The van der Waals surface area contributed by atoms with E-state index in [1.165, 1.54) is 19.2 Å². The highest BCUT2D eigenvalue weighted by atomic mass is 32.2. The third kappa shape index (κ3) is 5.64. The SMILES string of the molecule is COc1ccc(N2CCN(C(=O)CN(c3cc([N+](=O)[O-])ccc3OC)S(C)(=O)=O)CC2)cc1. The lowest BCUT2D eigenvalue weighted by molar-refractivity contribution is -0.384. The quantitative estimate of drug-likeness (QED) is 0.415. The average molecular weight is 479 g/mol. The van der Waals surface area contributed by atoms with Gasteiger partial charge < -0.3 is 19.3 Å². The van der Waals surface area contributed by atoms with Gasteiger partial charge in [0, 0.05) is 44.0 Å². The van der Waals surface area contributed by atoms with Crippen molar-refractivity contribution in [2.75, 3.05) is 62.4 Å². The maximum Gasteiger partial charge on any atom is 0.271 e. The van der Waals surface area contributed by atoms with Crippen LogP contribution in [-0.4, -0.2) is 77.3 Å². The first-order valence-corrected chi connectivity index (χ1v) is 12.0. The summed E-state index contributed by atoms with van der Waals surface area (Å²) in [6.45, 7) is 1.50. The van der Waals surface area contributed by atoms with Gasteiger partial charge >= 0.3 is 0 Å². The number of anilines is 2. The van der Waals surface area contributed by atoms with E-state index in [2.05, 4.69) is 4.90 Å². The number of nitro benzene ring substituents is 1. The summed E-state index contributed by atoms with van der Waals surface area (Å²) >= 11 is 0. The fourth-order valence-electron chi connectivity index (χ4n) is 3.60. The summed E-state index contributed by atoms with van der Waals surface area (Å²) in [4.78, 5) is 27.2. The number of carbonyl (C=O) groups is 1. The molecule has 0 atom stereocenters. The third-order valence-electron chi connectivity index (χ3n) is 5.39. The van der Waals surface area contributed by atoms with Gasteiger partial charge in [0.1, 0.15) is 23.7 Å². The summed E-state index contributed by atoms with van der Waals surface area (Å²) < 4.78 is 36.2. The van der Waals surface area contributed by atoms with Gasteiger partial charge in [0.05, 0.1) is 25.4 Å². The largest absolute Gasteiger partial charge is 0.497 e. The monoisotopic (exact) mass is 478 g/mol. The summed E-state index contributed by atoms with van der Waals surface area (Å²) in [5.41, 5.74) is 0.640. The number of amides is 1. The van der Waals surface area contributed by atoms with Crippen molar-refractivity contribution >= 4 is 33.0 Å². The number of methoxy groups -OCH3 is 2. The number of sulfonamides is 1. The number of benzene rings is 2. The number of nitro groups is 1. The van der Waals surface area contributed by atoms with E-state index in [9.17, 15) is 23.3 Å². The van der Waals surface area contributed by atoms with Crippen LogP contribution in [0.4, 0.5) is 17.1 Å². The standard InChI is InChI=1S/C21H26N4O7S/c1-31-18-7-4-16(5-8-18)22-10-12-23(13-11-22)21(26)15-24(33(3,29)30)19-14-17(25(27)28)6-9-20(19)32-2/h4-9,14H,10-13,15H2,1-3H3. The highest BCUT2D eigenvalue weighted by Crippen LogP contribution is 2.33. The van der Waals surface area contributed by atoms with Crippen LogP contribution in [0.1, 0.15) is 0 Å². The number of nitrogens with zero attached hydrogens (tertiary/aromatic N) is 4. The van der Waals surface area contributed by atoms with Gasteiger partial charge in [0.15, 0.2) is 0 Å². The molecule has 1 fully saturated rings. The van der Waals surface area contributed by atoms with E-state index >= 15 is 0 Å². The topological polar surface area (TPSA) is 123 Å². The van der Waals surface area contributed by atoms with Crippen LogP contribution in [-0.2, 0) is 14.8 Å². The molecule has 1 amide bonds. The number of non-ortho nitro benzene ring substituents is 1. The first-order chi connectivity index (χ1) is 15.6. The Bertz CT molecular complexity index is 1110. The molecule has 0 radical (unpaired) electrons. The fraction of sp³-hybridized carbons (Fsp3) is 0.381. The Labute approximate surface area is 192 Å². The number of rotatable bonds is 8. The predicted molar refractivity (Wildman–Crippen MR) is 124 cm³/mol. The highest BCUT2D eigenvalue weighted by molar-refractivity contribution is 7.92. The summed E-state index contributed by atoms with van der Waals surface area (Å²) in [5.74, 6) is 0.469. The number of carbonyl (C=O) groups excluding carboxylic acids is 1. The van der Waals surface area contributed by atoms with E-state index in [1.807, 2.05) is 24.3 Å². The van der Waals surface area contributed by atoms with E-state index in [4.69, 9.17) is 9.47 Å². The molecule has 178 valence electrons. The Morgan fingerprint density at radius 1 is 1.06 bits per heavy atom. The number of piperazine rings is 1. The summed E-state index contributed by atoms with van der Waals surface area (Å²) in [5, 5.41) is 11.2. The molecule has 0 spiro atoms. The van der Waals surface area contributed by atoms with Crippen LogP contribution in [0.5, 0.6) is 11.5 Å². The zero-order valence-corrected chi connectivity index (χ0v) is 19.4. The number of hydrogen-bond acceptors (Lipinski definition) is 8. The summed E-state index contributed by atoms with van der Waals surface area (Å²) in [7, 11) is -1.00. The highest BCUT2D eigenvalue weighted by Gasteiger charge is 2.29. The molecule has 12 heteroatoms. The van der Waals surface area contributed by atoms with Gasteiger partial charge in [-0.3, -0.25) is 19.2 Å². The smallest absolute Gasteiger partial charge is 0.271 e. The first kappa shape index (κ1) is 24.1. The lowest BCUT2D eigenvalue weighted by Gasteiger charge is -2.37. The van der Waals surface area contributed by atoms with Gasteiger partial charge in [0.25, 0.3) is 5.69 Å². The van der Waals surface area contributed by atoms with Crippen molar-refractivity contribution in [1.82, 2.24) is 4.90 Å². The van der Waals surface area contributed by atoms with Crippen LogP contribution in [0, 0.1) is 10.1 Å². The second-order valence-electron chi connectivity index (χ2n) is 7.45. The lowest BCUT2D eigenvalue weighted by atomic mass is 10.2. The van der Waals surface area contributed by atoms with Crippen molar-refractivity contribution in [3.05, 3.63) is 52.6 Å². The predicted octanol–water partition coefficient (Wildman–Crippen LogP) is 1.73. The van der Waals surface area contributed by atoms with Crippen molar-refractivity contribution in [2.24, 2.45) is 0 Å². The van der Waals surface area contributed by atoms with E-state index in [-0.39, 0.29) is 17.1 Å². The zero-order valence-electron chi connectivity index (χ0n) is 18.6. The summed E-state index contributed by atoms with van der Waals surface area (Å²) in [6, 6.07) is 11.2. The molecule has 2 aromatic carbocycles. The Balaban J connectivity index is 1.74. The van der Waals surface area contributed by atoms with Gasteiger partial charge in [-0.05, 0) is 30.3 Å². The minimum atomic E-state index is -3.93. The molecular weight excluding hydrogens is 452 g/mol. The third-order valence-corrected chi connectivity index (χ3v) is 6.52. The van der Waals surface area contributed by atoms with Crippen LogP contribution in [0.2, 0.25) is 0 Å². The lowest BCUT2D eigenvalue weighted by Crippen LogP contribution is -2.52. The van der Waals surface area contributed by atoms with Gasteiger partial charge in [-0.25, -0.2) is 8.42 Å². The van der Waals surface area contributed by atoms with Crippen molar-refractivity contribution in [3.63, 3.8) is 0 Å². The molecule has 2 aromatic rings. The molecular formula is C21H26N4O7S. The first-order valence-electron chi connectivity index (χ1n) is 10.1. The van der Waals surface area contributed by atoms with Crippen LogP contribution in [0.3, 0.4) is 0 Å². The molecule has 0 N–H and O–H groups in total. The van der Waals surface area contributed by atoms with Gasteiger partial charge in [0.2, 0.25) is 15.9 Å². The van der Waals surface area contributed by atoms with Crippen LogP contribution < -0.4 is 18.7 Å². The van der Waals surface area contributed by atoms with E-state index in [1.54, 1.807) is 12.0 Å². The molecule has 0 bridgehead atoms. The molecule has 1 saturated heterocycles. The normalized spacial score (nSPS) is 14.0. The second-order valence-corrected chi connectivity index (χ2v) is 9.36. The molecule has 1 aliphatic heterocycles. The fourth-order valence-corrected chi connectivity index (χ4v) is 4.44. The van der Waals surface area contributed by atoms with Crippen molar-refractivity contribution < 1.29 is 27.6 Å². The van der Waals surface area contributed by atoms with Crippen molar-refractivity contribution in [2.45, 2.75) is 0 Å². The molecule has 0 unspecified atom stereocenters. The maximum absolute atomic E-state index is 13.0. The average Bonchev–Trinajstić information content (AvgIpc) is 2.81. The van der Waals surface area contributed by atoms with Crippen molar-refractivity contribution in [1.29, 1.82) is 0 Å². The van der Waals surface area contributed by atoms with Gasteiger partial charge in [-0.1, -0.05) is 0 Å². The van der Waals surface area contributed by atoms with Crippen LogP contribution >= 0.6 is 0 Å². The van der Waals surface area contributed by atoms with Crippen LogP contribution in [0.15, 0.2) is 42.5 Å².